The quantitative estimate of drug-likeness (QED) is 0.482. The average molecular weight is 180 g/mol. The van der Waals surface area contributed by atoms with Gasteiger partial charge in [0.1, 0.15) is 5.60 Å². The van der Waals surface area contributed by atoms with Gasteiger partial charge < -0.3 is 4.74 Å². The Labute approximate surface area is 79.0 Å². The minimum Gasteiger partial charge on any atom is -0.455 e. The third-order valence-corrected chi connectivity index (χ3v) is 3.22. The molecule has 0 aromatic rings. The molecule has 0 heterocycles. The maximum absolute atomic E-state index is 11.3. The summed E-state index contributed by atoms with van der Waals surface area (Å²) in [5, 5.41) is 0. The minimum absolute atomic E-state index is 0.0612. The zero-order valence-electron chi connectivity index (χ0n) is 8.14. The first-order valence-electron chi connectivity index (χ1n) is 5.03. The molecule has 2 saturated carbocycles. The molecule has 0 aromatic heterocycles. The molecule has 13 heavy (non-hydrogen) atoms. The van der Waals surface area contributed by atoms with Gasteiger partial charge in [0, 0.05) is 11.5 Å². The van der Waals surface area contributed by atoms with Crippen LogP contribution in [0.3, 0.4) is 0 Å². The van der Waals surface area contributed by atoms with Gasteiger partial charge in [0.05, 0.1) is 0 Å². The normalized spacial score (nSPS) is 36.2. The van der Waals surface area contributed by atoms with Crippen molar-refractivity contribution in [3.05, 3.63) is 12.2 Å². The number of rotatable bonds is 2. The van der Waals surface area contributed by atoms with Crippen LogP contribution in [0.4, 0.5) is 0 Å². The third kappa shape index (κ3) is 1.50. The minimum atomic E-state index is -0.204. The van der Waals surface area contributed by atoms with Gasteiger partial charge in [-0.05, 0) is 32.6 Å². The fourth-order valence-electron chi connectivity index (χ4n) is 2.29. The molecule has 0 saturated heterocycles. The van der Waals surface area contributed by atoms with Crippen LogP contribution in [0.2, 0.25) is 0 Å². The van der Waals surface area contributed by atoms with Crippen LogP contribution in [0.15, 0.2) is 12.2 Å². The number of hydrogen-bond acceptors (Lipinski definition) is 2. The zero-order valence-corrected chi connectivity index (χ0v) is 8.14. The summed E-state index contributed by atoms with van der Waals surface area (Å²) in [6.45, 7) is 5.30. The molecular formula is C11H16O2. The highest BCUT2D eigenvalue weighted by molar-refractivity contribution is 5.87. The average Bonchev–Trinajstić information content (AvgIpc) is 2.77. The maximum Gasteiger partial charge on any atom is 0.333 e. The SMILES string of the molecule is C=C(C)C(=O)OC12CCCCC1C2. The van der Waals surface area contributed by atoms with E-state index in [4.69, 9.17) is 4.74 Å². The topological polar surface area (TPSA) is 26.3 Å². The Kier molecular flexibility index (Phi) is 1.94. The van der Waals surface area contributed by atoms with Crippen molar-refractivity contribution in [2.75, 3.05) is 0 Å². The summed E-state index contributed by atoms with van der Waals surface area (Å²) in [7, 11) is 0. The van der Waals surface area contributed by atoms with E-state index in [1.165, 1.54) is 19.3 Å². The second-order valence-corrected chi connectivity index (χ2v) is 4.38. The van der Waals surface area contributed by atoms with Crippen LogP contribution < -0.4 is 0 Å². The molecule has 2 aliphatic rings. The van der Waals surface area contributed by atoms with Crippen LogP contribution in [-0.2, 0) is 9.53 Å². The van der Waals surface area contributed by atoms with Crippen LogP contribution in [0.5, 0.6) is 0 Å². The molecule has 2 fully saturated rings. The van der Waals surface area contributed by atoms with Gasteiger partial charge in [0.15, 0.2) is 0 Å². The smallest absolute Gasteiger partial charge is 0.333 e. The molecule has 0 aromatic carbocycles. The van der Waals surface area contributed by atoms with Gasteiger partial charge in [-0.25, -0.2) is 4.79 Å². The fraction of sp³-hybridized carbons (Fsp3) is 0.727. The van der Waals surface area contributed by atoms with Crippen molar-refractivity contribution in [1.82, 2.24) is 0 Å². The predicted molar refractivity (Wildman–Crippen MR) is 50.2 cm³/mol. The van der Waals surface area contributed by atoms with Gasteiger partial charge in [0.25, 0.3) is 0 Å². The molecule has 0 spiro atoms. The number of esters is 1. The Balaban J connectivity index is 1.95. The lowest BCUT2D eigenvalue weighted by Crippen LogP contribution is -2.24. The first kappa shape index (κ1) is 8.79. The second-order valence-electron chi connectivity index (χ2n) is 4.38. The summed E-state index contributed by atoms with van der Waals surface area (Å²) in [5.74, 6) is 0.453. The van der Waals surface area contributed by atoms with Crippen molar-refractivity contribution in [2.45, 2.75) is 44.6 Å². The molecule has 0 radical (unpaired) electrons. The highest BCUT2D eigenvalue weighted by atomic mass is 16.6. The van der Waals surface area contributed by atoms with Gasteiger partial charge in [-0.1, -0.05) is 13.0 Å². The van der Waals surface area contributed by atoms with E-state index in [9.17, 15) is 4.79 Å². The van der Waals surface area contributed by atoms with Crippen LogP contribution in [0.1, 0.15) is 39.0 Å². The molecule has 72 valence electrons. The molecule has 0 N–H and O–H groups in total. The van der Waals surface area contributed by atoms with E-state index in [0.717, 1.165) is 12.8 Å². The van der Waals surface area contributed by atoms with Gasteiger partial charge in [-0.15, -0.1) is 0 Å². The van der Waals surface area contributed by atoms with Crippen molar-refractivity contribution in [2.24, 2.45) is 5.92 Å². The first-order valence-corrected chi connectivity index (χ1v) is 5.03. The van der Waals surface area contributed by atoms with Gasteiger partial charge in [-0.3, -0.25) is 0 Å². The Morgan fingerprint density at radius 3 is 2.92 bits per heavy atom. The van der Waals surface area contributed by atoms with E-state index >= 15 is 0 Å². The van der Waals surface area contributed by atoms with E-state index in [-0.39, 0.29) is 11.6 Å². The highest BCUT2D eigenvalue weighted by Gasteiger charge is 2.58. The van der Waals surface area contributed by atoms with Gasteiger partial charge in [-0.2, -0.15) is 0 Å². The number of hydrogen-bond donors (Lipinski definition) is 0. The van der Waals surface area contributed by atoms with E-state index in [0.29, 0.717) is 11.5 Å². The molecule has 0 aliphatic heterocycles. The first-order chi connectivity index (χ1) is 6.14. The zero-order chi connectivity index (χ0) is 9.47. The monoisotopic (exact) mass is 180 g/mol. The molecule has 2 heteroatoms. The number of fused-ring (bicyclic) bond motifs is 1. The summed E-state index contributed by atoms with van der Waals surface area (Å²) in [4.78, 5) is 11.3. The largest absolute Gasteiger partial charge is 0.455 e. The van der Waals surface area contributed by atoms with Crippen LogP contribution >= 0.6 is 0 Å². The van der Waals surface area contributed by atoms with Crippen LogP contribution in [0.25, 0.3) is 0 Å². The van der Waals surface area contributed by atoms with E-state index in [1.54, 1.807) is 6.92 Å². The number of ether oxygens (including phenoxy) is 1. The standard InChI is InChI=1S/C11H16O2/c1-8(2)10(12)13-11-6-4-3-5-9(11)7-11/h9H,1,3-7H2,2H3. The Morgan fingerprint density at radius 1 is 1.54 bits per heavy atom. The highest BCUT2D eigenvalue weighted by Crippen LogP contribution is 2.56. The molecule has 2 unspecified atom stereocenters. The number of carbonyl (C=O) groups excluding carboxylic acids is 1. The molecule has 0 amide bonds. The maximum atomic E-state index is 11.3. The fourth-order valence-corrected chi connectivity index (χ4v) is 2.29. The van der Waals surface area contributed by atoms with Crippen molar-refractivity contribution >= 4 is 5.97 Å². The summed E-state index contributed by atoms with van der Waals surface area (Å²) < 4.78 is 5.48. The molecule has 2 aliphatic carbocycles. The lowest BCUT2D eigenvalue weighted by molar-refractivity contribution is -0.148. The van der Waals surface area contributed by atoms with Crippen molar-refractivity contribution in [3.63, 3.8) is 0 Å². The predicted octanol–water partition coefficient (Wildman–Crippen LogP) is 2.44. The lowest BCUT2D eigenvalue weighted by atomic mass is 9.98. The molecule has 0 bridgehead atoms. The summed E-state index contributed by atoms with van der Waals surface area (Å²) in [6, 6.07) is 0. The molecule has 2 nitrogen and oxygen atoms in total. The summed E-state index contributed by atoms with van der Waals surface area (Å²) in [5.41, 5.74) is 0.458. The summed E-state index contributed by atoms with van der Waals surface area (Å²) in [6.07, 6.45) is 5.91. The van der Waals surface area contributed by atoms with E-state index < -0.39 is 0 Å². The van der Waals surface area contributed by atoms with Gasteiger partial charge >= 0.3 is 5.97 Å². The molecular weight excluding hydrogens is 164 g/mol. The second kappa shape index (κ2) is 2.86. The number of carbonyl (C=O) groups is 1. The van der Waals surface area contributed by atoms with Crippen molar-refractivity contribution in [3.8, 4) is 0 Å². The summed E-state index contributed by atoms with van der Waals surface area (Å²) >= 11 is 0. The lowest BCUT2D eigenvalue weighted by Gasteiger charge is -2.22. The Bertz CT molecular complexity index is 257. The van der Waals surface area contributed by atoms with E-state index in [1.807, 2.05) is 0 Å². The van der Waals surface area contributed by atoms with Crippen LogP contribution in [-0.4, -0.2) is 11.6 Å². The molecule has 2 rings (SSSR count). The van der Waals surface area contributed by atoms with Crippen molar-refractivity contribution < 1.29 is 9.53 Å². The van der Waals surface area contributed by atoms with Gasteiger partial charge in [0.2, 0.25) is 0 Å². The Morgan fingerprint density at radius 2 is 2.31 bits per heavy atom. The Hall–Kier alpha value is -0.790. The third-order valence-electron chi connectivity index (χ3n) is 3.22. The van der Waals surface area contributed by atoms with Crippen LogP contribution in [0, 0.1) is 5.92 Å². The molecule has 2 atom stereocenters. The van der Waals surface area contributed by atoms with E-state index in [2.05, 4.69) is 6.58 Å². The van der Waals surface area contributed by atoms with Crippen molar-refractivity contribution in [1.29, 1.82) is 0 Å².